The highest BCUT2D eigenvalue weighted by Gasteiger charge is 2.25. The van der Waals surface area contributed by atoms with Gasteiger partial charge in [0.1, 0.15) is 6.04 Å². The third kappa shape index (κ3) is 5.85. The van der Waals surface area contributed by atoms with Crippen molar-refractivity contribution in [3.05, 3.63) is 65.7 Å². The highest BCUT2D eigenvalue weighted by molar-refractivity contribution is 7.91. The van der Waals surface area contributed by atoms with Gasteiger partial charge in [0, 0.05) is 0 Å². The van der Waals surface area contributed by atoms with Crippen molar-refractivity contribution in [2.24, 2.45) is 0 Å². The van der Waals surface area contributed by atoms with Crippen molar-refractivity contribution in [2.75, 3.05) is 12.9 Å². The van der Waals surface area contributed by atoms with Gasteiger partial charge in [0.2, 0.25) is 5.91 Å². The van der Waals surface area contributed by atoms with Crippen LogP contribution < -0.4 is 5.32 Å². The smallest absolute Gasteiger partial charge is 0.328 e. The molecule has 0 saturated heterocycles. The number of hydrogen-bond donors (Lipinski definition) is 1. The van der Waals surface area contributed by atoms with Gasteiger partial charge in [-0.25, -0.2) is 22.0 Å². The minimum absolute atomic E-state index is 0.103. The zero-order valence-electron chi connectivity index (χ0n) is 15.0. The van der Waals surface area contributed by atoms with E-state index in [1.807, 2.05) is 0 Å². The Labute approximate surface area is 161 Å². The van der Waals surface area contributed by atoms with E-state index >= 15 is 0 Å². The number of rotatable bonds is 8. The molecule has 0 aromatic heterocycles. The SMILES string of the molecule is COC(=O)[C@@H](CCS(=O)(=O)c1ccccc1)NC(=O)Cc1ccc(F)c(F)c1. The molecule has 1 amide bonds. The average molecular weight is 411 g/mol. The van der Waals surface area contributed by atoms with Crippen molar-refractivity contribution in [1.29, 1.82) is 0 Å². The second-order valence-electron chi connectivity index (χ2n) is 5.99. The summed E-state index contributed by atoms with van der Waals surface area (Å²) in [6, 6.07) is 9.52. The summed E-state index contributed by atoms with van der Waals surface area (Å²) in [5.41, 5.74) is 0.205. The molecule has 0 bridgehead atoms. The number of carbonyl (C=O) groups is 2. The molecule has 9 heteroatoms. The highest BCUT2D eigenvalue weighted by Crippen LogP contribution is 2.13. The first-order valence-corrected chi connectivity index (χ1v) is 9.97. The van der Waals surface area contributed by atoms with E-state index in [1.165, 1.54) is 18.2 Å². The van der Waals surface area contributed by atoms with Crippen LogP contribution in [0, 0.1) is 11.6 Å². The summed E-state index contributed by atoms with van der Waals surface area (Å²) in [5.74, 6) is -3.98. The van der Waals surface area contributed by atoms with Gasteiger partial charge in [0.25, 0.3) is 0 Å². The summed E-state index contributed by atoms with van der Waals surface area (Å²) in [6.45, 7) is 0. The third-order valence-corrected chi connectivity index (χ3v) is 5.71. The normalized spacial score (nSPS) is 12.2. The van der Waals surface area contributed by atoms with Crippen molar-refractivity contribution in [3.63, 3.8) is 0 Å². The first-order valence-electron chi connectivity index (χ1n) is 8.32. The molecule has 0 spiro atoms. The number of methoxy groups -OCH3 is 1. The number of benzene rings is 2. The highest BCUT2D eigenvalue weighted by atomic mass is 32.2. The van der Waals surface area contributed by atoms with Gasteiger partial charge in [-0.2, -0.15) is 0 Å². The number of hydrogen-bond acceptors (Lipinski definition) is 5. The first-order chi connectivity index (χ1) is 13.2. The van der Waals surface area contributed by atoms with E-state index in [9.17, 15) is 26.8 Å². The minimum Gasteiger partial charge on any atom is -0.467 e. The molecule has 1 atom stereocenters. The van der Waals surface area contributed by atoms with Gasteiger partial charge in [0.05, 0.1) is 24.2 Å². The molecule has 2 rings (SSSR count). The molecular formula is C19H19F2NO5S. The molecule has 0 unspecified atom stereocenters. The van der Waals surface area contributed by atoms with E-state index in [0.29, 0.717) is 0 Å². The van der Waals surface area contributed by atoms with Crippen LogP contribution in [-0.2, 0) is 30.6 Å². The lowest BCUT2D eigenvalue weighted by Crippen LogP contribution is -2.43. The number of nitrogens with one attached hydrogen (secondary N) is 1. The number of ether oxygens (including phenoxy) is 1. The third-order valence-electron chi connectivity index (χ3n) is 3.95. The van der Waals surface area contributed by atoms with Crippen LogP contribution in [0.15, 0.2) is 53.4 Å². The molecular weight excluding hydrogens is 392 g/mol. The second kappa shape index (κ2) is 9.41. The fraction of sp³-hybridized carbons (Fsp3) is 0.263. The van der Waals surface area contributed by atoms with Gasteiger partial charge >= 0.3 is 5.97 Å². The molecule has 150 valence electrons. The van der Waals surface area contributed by atoms with Crippen molar-refractivity contribution >= 4 is 21.7 Å². The quantitative estimate of drug-likeness (QED) is 0.672. The van der Waals surface area contributed by atoms with E-state index < -0.39 is 39.4 Å². The maximum atomic E-state index is 13.2. The van der Waals surface area contributed by atoms with Crippen LogP contribution in [0.4, 0.5) is 8.78 Å². The average Bonchev–Trinajstić information content (AvgIpc) is 2.68. The Morgan fingerprint density at radius 3 is 2.36 bits per heavy atom. The van der Waals surface area contributed by atoms with Crippen LogP contribution in [0.25, 0.3) is 0 Å². The Bertz CT molecular complexity index is 948. The molecule has 0 aliphatic rings. The van der Waals surface area contributed by atoms with Crippen molar-refractivity contribution in [1.82, 2.24) is 5.32 Å². The molecule has 0 heterocycles. The maximum Gasteiger partial charge on any atom is 0.328 e. The standard InChI is InChI=1S/C19H19F2NO5S/c1-27-19(24)17(9-10-28(25,26)14-5-3-2-4-6-14)22-18(23)12-13-7-8-15(20)16(21)11-13/h2-8,11,17H,9-10,12H2,1H3,(H,22,23)/t17-/m1/s1. The maximum absolute atomic E-state index is 13.2. The monoisotopic (exact) mass is 411 g/mol. The summed E-state index contributed by atoms with van der Waals surface area (Å²) in [5, 5.41) is 2.38. The van der Waals surface area contributed by atoms with Gasteiger partial charge in [0.15, 0.2) is 21.5 Å². The summed E-state index contributed by atoms with van der Waals surface area (Å²) in [7, 11) is -2.54. The van der Waals surface area contributed by atoms with Gasteiger partial charge in [-0.1, -0.05) is 24.3 Å². The lowest BCUT2D eigenvalue weighted by Gasteiger charge is -2.16. The lowest BCUT2D eigenvalue weighted by atomic mass is 10.1. The van der Waals surface area contributed by atoms with E-state index in [-0.39, 0.29) is 29.1 Å². The topological polar surface area (TPSA) is 89.5 Å². The predicted octanol–water partition coefficient (Wildman–Crippen LogP) is 2.03. The summed E-state index contributed by atoms with van der Waals surface area (Å²) in [6.07, 6.45) is -0.510. The molecule has 0 saturated carbocycles. The van der Waals surface area contributed by atoms with Crippen LogP contribution in [0.1, 0.15) is 12.0 Å². The Hall–Kier alpha value is -2.81. The first kappa shape index (κ1) is 21.5. The van der Waals surface area contributed by atoms with Gasteiger partial charge in [-0.3, -0.25) is 4.79 Å². The fourth-order valence-electron chi connectivity index (χ4n) is 2.49. The molecule has 2 aromatic rings. The summed E-state index contributed by atoms with van der Waals surface area (Å²) < 4.78 is 55.5. The summed E-state index contributed by atoms with van der Waals surface area (Å²) in [4.78, 5) is 24.2. The molecule has 1 N–H and O–H groups in total. The molecule has 0 aliphatic carbocycles. The van der Waals surface area contributed by atoms with Crippen molar-refractivity contribution in [2.45, 2.75) is 23.8 Å². The number of halogens is 2. The van der Waals surface area contributed by atoms with Crippen LogP contribution in [0.2, 0.25) is 0 Å². The zero-order valence-corrected chi connectivity index (χ0v) is 15.8. The van der Waals surface area contributed by atoms with E-state index in [2.05, 4.69) is 10.1 Å². The fourth-order valence-corrected chi connectivity index (χ4v) is 3.84. The predicted molar refractivity (Wildman–Crippen MR) is 97.1 cm³/mol. The zero-order chi connectivity index (χ0) is 20.7. The largest absolute Gasteiger partial charge is 0.467 e. The van der Waals surface area contributed by atoms with Crippen LogP contribution in [-0.4, -0.2) is 39.2 Å². The van der Waals surface area contributed by atoms with Crippen LogP contribution in [0.3, 0.4) is 0 Å². The molecule has 0 radical (unpaired) electrons. The van der Waals surface area contributed by atoms with E-state index in [1.54, 1.807) is 18.2 Å². The van der Waals surface area contributed by atoms with E-state index in [0.717, 1.165) is 19.2 Å². The molecule has 2 aromatic carbocycles. The minimum atomic E-state index is -3.65. The summed E-state index contributed by atoms with van der Waals surface area (Å²) >= 11 is 0. The Morgan fingerprint density at radius 2 is 1.75 bits per heavy atom. The van der Waals surface area contributed by atoms with Crippen LogP contribution >= 0.6 is 0 Å². The van der Waals surface area contributed by atoms with Crippen molar-refractivity contribution < 1.29 is 31.5 Å². The Balaban J connectivity index is 2.04. The number of esters is 1. The van der Waals surface area contributed by atoms with E-state index in [4.69, 9.17) is 0 Å². The molecule has 0 aliphatic heterocycles. The molecule has 6 nitrogen and oxygen atoms in total. The van der Waals surface area contributed by atoms with Crippen LogP contribution in [0.5, 0.6) is 0 Å². The second-order valence-corrected chi connectivity index (χ2v) is 8.10. The van der Waals surface area contributed by atoms with Gasteiger partial charge in [-0.05, 0) is 36.2 Å². The Morgan fingerprint density at radius 1 is 1.07 bits per heavy atom. The molecule has 28 heavy (non-hydrogen) atoms. The number of carbonyl (C=O) groups excluding carboxylic acids is 2. The number of sulfone groups is 1. The number of amides is 1. The van der Waals surface area contributed by atoms with Crippen molar-refractivity contribution in [3.8, 4) is 0 Å². The Kier molecular flexibility index (Phi) is 7.22. The van der Waals surface area contributed by atoms with Gasteiger partial charge in [-0.15, -0.1) is 0 Å². The lowest BCUT2D eigenvalue weighted by molar-refractivity contribution is -0.145. The molecule has 0 fully saturated rings. The van der Waals surface area contributed by atoms with Gasteiger partial charge < -0.3 is 10.1 Å².